The second kappa shape index (κ2) is 11.7. The quantitative estimate of drug-likeness (QED) is 0.165. The van der Waals surface area contributed by atoms with E-state index in [1.807, 2.05) is 115 Å². The van der Waals surface area contributed by atoms with Crippen LogP contribution in [0.3, 0.4) is 0 Å². The maximum atomic E-state index is 15.1. The van der Waals surface area contributed by atoms with Crippen molar-refractivity contribution in [1.82, 2.24) is 0 Å². The van der Waals surface area contributed by atoms with Crippen LogP contribution in [0.5, 0.6) is 0 Å². The average Bonchev–Trinajstić information content (AvgIpc) is 3.79. The van der Waals surface area contributed by atoms with Crippen molar-refractivity contribution < 1.29 is 31.0 Å². The monoisotopic (exact) mass is 678 g/mol. The summed E-state index contributed by atoms with van der Waals surface area (Å²) in [5.41, 5.74) is 5.22. The van der Waals surface area contributed by atoms with E-state index in [0.717, 1.165) is 47.7 Å². The van der Waals surface area contributed by atoms with E-state index in [-0.39, 0.29) is 0 Å². The maximum absolute atomic E-state index is 15.1. The summed E-state index contributed by atoms with van der Waals surface area (Å²) in [5, 5.41) is 3.52. The van der Waals surface area contributed by atoms with Gasteiger partial charge >= 0.3 is 283 Å². The Bertz CT molecular complexity index is 2300. The van der Waals surface area contributed by atoms with Crippen LogP contribution in [-0.2, 0) is 21.5 Å². The average molecular weight is 679 g/mol. The summed E-state index contributed by atoms with van der Waals surface area (Å²) in [7, 11) is 0. The van der Waals surface area contributed by atoms with Crippen LogP contribution in [0, 0.1) is 0 Å². The molecule has 8 rings (SSSR count). The van der Waals surface area contributed by atoms with Crippen molar-refractivity contribution >= 4 is 39.7 Å². The molecule has 0 aromatic heterocycles. The standard InChI is InChI=1S/C13H9.2C11H8O2.C5H5.C2H6Si.Ti/c1-3-7-12-10(5-1)9-11-6-2-4-8-13(11)12;2*12-11(13)10-7-3-5-8-4-1-2-6-9(8)10;1-2-4-5-3-1;1-3-2;/h1-9H;2*1-7H,(H,12,13);1-3H,4H2;1-2H3;/q;;;;;+2/p-2. The summed E-state index contributed by atoms with van der Waals surface area (Å²) in [6.07, 6.45) is 4.99. The van der Waals surface area contributed by atoms with E-state index in [4.69, 9.17) is 6.64 Å². The van der Waals surface area contributed by atoms with Gasteiger partial charge in [0.25, 0.3) is 0 Å². The van der Waals surface area contributed by atoms with Gasteiger partial charge in [-0.15, -0.1) is 0 Å². The van der Waals surface area contributed by atoms with Crippen molar-refractivity contribution in [3.63, 3.8) is 0 Å². The predicted octanol–water partition coefficient (Wildman–Crippen LogP) is 10.4. The summed E-state index contributed by atoms with van der Waals surface area (Å²) < 4.78 is 15.3. The normalized spacial score (nSPS) is 14.0. The first-order chi connectivity index (χ1) is 23.4. The van der Waals surface area contributed by atoms with Gasteiger partial charge in [-0.1, -0.05) is 0 Å². The Hall–Kier alpha value is -4.81. The molecule has 0 saturated carbocycles. The zero-order valence-corrected chi connectivity index (χ0v) is 29.4. The van der Waals surface area contributed by atoms with Gasteiger partial charge in [-0.25, -0.2) is 0 Å². The third-order valence-corrected chi connectivity index (χ3v) is 31.3. The van der Waals surface area contributed by atoms with Crippen LogP contribution in [0.15, 0.2) is 156 Å². The fourth-order valence-corrected chi connectivity index (χ4v) is 27.0. The Balaban J connectivity index is 1.46. The number of allylic oxidation sites excluding steroid dienone is 4. The minimum atomic E-state index is -5.66. The fraction of sp³-hybridized carbons (Fsp3) is 0.0952. The first-order valence-corrected chi connectivity index (χ1v) is 24.2. The Morgan fingerprint density at radius 3 is 1.54 bits per heavy atom. The molecule has 2 aliphatic rings. The molecular formula is C42H34O4SiTi. The third-order valence-electron chi connectivity index (χ3n) is 10.3. The summed E-state index contributed by atoms with van der Waals surface area (Å²) in [6, 6.07) is 43.9. The molecule has 48 heavy (non-hydrogen) atoms. The van der Waals surface area contributed by atoms with Gasteiger partial charge in [-0.05, 0) is 0 Å². The Kier molecular flexibility index (Phi) is 7.44. The summed E-state index contributed by atoms with van der Waals surface area (Å²) in [4.78, 5) is 30.1. The molecule has 0 bridgehead atoms. The van der Waals surface area contributed by atoms with Gasteiger partial charge in [0.05, 0.1) is 0 Å². The van der Waals surface area contributed by atoms with E-state index >= 15 is 9.59 Å². The zero-order valence-electron chi connectivity index (χ0n) is 26.9. The molecule has 234 valence electrons. The van der Waals surface area contributed by atoms with Crippen LogP contribution in [-0.4, -0.2) is 18.1 Å². The first kappa shape index (κ1) is 30.5. The SMILES string of the molecule is C[Si](C)=[Ti]([O]C(=O)c1cccc2ccccc12)([O]C(=O)c1cccc2ccccc12)([C]1=CC=CC1)[CH]1c2ccccc2-c2ccccc21. The predicted molar refractivity (Wildman–Crippen MR) is 192 cm³/mol. The van der Waals surface area contributed by atoms with E-state index in [2.05, 4.69) is 49.5 Å². The van der Waals surface area contributed by atoms with Crippen molar-refractivity contribution in [3.05, 3.63) is 178 Å². The number of hydrogen-bond donors (Lipinski definition) is 0. The molecule has 0 aliphatic heterocycles. The summed E-state index contributed by atoms with van der Waals surface area (Å²) in [5.74, 6) is -0.897. The van der Waals surface area contributed by atoms with Gasteiger partial charge in [0.2, 0.25) is 0 Å². The topological polar surface area (TPSA) is 52.6 Å². The van der Waals surface area contributed by atoms with E-state index in [1.165, 1.54) is 0 Å². The van der Waals surface area contributed by atoms with E-state index < -0.39 is 37.2 Å². The van der Waals surface area contributed by atoms with Gasteiger partial charge < -0.3 is 0 Å². The van der Waals surface area contributed by atoms with Crippen LogP contribution >= 0.6 is 0 Å². The first-order valence-electron chi connectivity index (χ1n) is 16.4. The molecule has 0 heterocycles. The van der Waals surface area contributed by atoms with E-state index in [9.17, 15) is 0 Å². The molecule has 0 fully saturated rings. The molecule has 0 atom stereocenters. The molecule has 6 aromatic carbocycles. The van der Waals surface area contributed by atoms with Gasteiger partial charge in [0.15, 0.2) is 0 Å². The molecule has 6 heteroatoms. The second-order valence-corrected chi connectivity index (χ2v) is 29.6. The molecule has 2 aliphatic carbocycles. The minimum absolute atomic E-state index is 0.428. The second-order valence-electron chi connectivity index (χ2n) is 12.9. The number of carbonyl (C=O) groups excluding carboxylic acids is 2. The van der Waals surface area contributed by atoms with Crippen molar-refractivity contribution in [2.75, 3.05) is 0 Å². The van der Waals surface area contributed by atoms with Gasteiger partial charge in [-0.3, -0.25) is 0 Å². The van der Waals surface area contributed by atoms with Crippen molar-refractivity contribution in [2.45, 2.75) is 23.7 Å². The Labute approximate surface area is 282 Å². The molecule has 0 unspecified atom stereocenters. The van der Waals surface area contributed by atoms with Crippen LogP contribution in [0.25, 0.3) is 32.7 Å². The number of rotatable bonds is 6. The molecule has 4 nitrogen and oxygen atoms in total. The fourth-order valence-electron chi connectivity index (χ4n) is 8.07. The van der Waals surface area contributed by atoms with Gasteiger partial charge in [0.1, 0.15) is 0 Å². The van der Waals surface area contributed by atoms with Gasteiger partial charge in [0, 0.05) is 0 Å². The molecule has 0 amide bonds. The molecule has 0 spiro atoms. The Morgan fingerprint density at radius 2 is 1.06 bits per heavy atom. The van der Waals surface area contributed by atoms with Crippen molar-refractivity contribution in [3.8, 4) is 11.1 Å². The van der Waals surface area contributed by atoms with Crippen LogP contribution in [0.2, 0.25) is 13.1 Å². The zero-order chi connectivity index (χ0) is 32.9. The van der Waals surface area contributed by atoms with E-state index in [1.54, 1.807) is 0 Å². The van der Waals surface area contributed by atoms with Crippen LogP contribution < -0.4 is 0 Å². The number of benzene rings is 6. The van der Waals surface area contributed by atoms with Crippen LogP contribution in [0.4, 0.5) is 0 Å². The molecule has 0 N–H and O–H groups in total. The summed E-state index contributed by atoms with van der Waals surface area (Å²) in [6.45, 7) is 4.36. The molecule has 0 saturated heterocycles. The van der Waals surface area contributed by atoms with Crippen molar-refractivity contribution in [2.24, 2.45) is 0 Å². The van der Waals surface area contributed by atoms with E-state index in [0.29, 0.717) is 17.5 Å². The van der Waals surface area contributed by atoms with Crippen LogP contribution in [0.1, 0.15) is 42.5 Å². The Morgan fingerprint density at radius 1 is 0.604 bits per heavy atom. The number of carbonyl (C=O) groups is 2. The number of fused-ring (bicyclic) bond motifs is 5. The molecule has 6 aromatic rings. The third kappa shape index (κ3) is 4.46. The van der Waals surface area contributed by atoms with Crippen molar-refractivity contribution in [1.29, 1.82) is 0 Å². The molecular weight excluding hydrogens is 644 g/mol. The molecule has 0 radical (unpaired) electrons. The van der Waals surface area contributed by atoms with Gasteiger partial charge in [-0.2, -0.15) is 0 Å². The summed E-state index contributed by atoms with van der Waals surface area (Å²) >= 11 is -5.66. The number of hydrogen-bond acceptors (Lipinski definition) is 4.